The quantitative estimate of drug-likeness (QED) is 0.702. The van der Waals surface area contributed by atoms with Gasteiger partial charge in [-0.15, -0.1) is 0 Å². The van der Waals surface area contributed by atoms with Gasteiger partial charge in [0.15, 0.2) is 0 Å². The first-order chi connectivity index (χ1) is 9.74. The smallest absolute Gasteiger partial charge is 0.134 e. The molecule has 0 aliphatic rings. The Kier molecular flexibility index (Phi) is 3.25. The highest BCUT2D eigenvalue weighted by atomic mass is 15.0. The van der Waals surface area contributed by atoms with Gasteiger partial charge in [-0.25, -0.2) is 4.98 Å². The fourth-order valence-corrected chi connectivity index (χ4v) is 2.31. The van der Waals surface area contributed by atoms with Crippen molar-refractivity contribution in [3.63, 3.8) is 0 Å². The third-order valence-corrected chi connectivity index (χ3v) is 3.46. The van der Waals surface area contributed by atoms with E-state index in [1.807, 2.05) is 48.7 Å². The maximum absolute atomic E-state index is 5.72. The van der Waals surface area contributed by atoms with E-state index in [0.717, 1.165) is 16.9 Å². The van der Waals surface area contributed by atoms with Gasteiger partial charge in [-0.3, -0.25) is 0 Å². The predicted molar refractivity (Wildman–Crippen MR) is 84.6 cm³/mol. The van der Waals surface area contributed by atoms with E-state index < -0.39 is 0 Å². The van der Waals surface area contributed by atoms with Crippen molar-refractivity contribution >= 4 is 22.3 Å². The zero-order valence-electron chi connectivity index (χ0n) is 11.4. The van der Waals surface area contributed by atoms with Gasteiger partial charge in [0, 0.05) is 23.3 Å². The number of anilines is 2. The molecule has 0 radical (unpaired) electrons. The number of nitrogens with zero attached hydrogens (tertiary/aromatic N) is 1. The average Bonchev–Trinajstić information content (AvgIpc) is 2.48. The van der Waals surface area contributed by atoms with Crippen LogP contribution in [0.2, 0.25) is 0 Å². The van der Waals surface area contributed by atoms with Crippen LogP contribution >= 0.6 is 0 Å². The summed E-state index contributed by atoms with van der Waals surface area (Å²) in [6.07, 6.45) is 1.83. The number of aromatic nitrogens is 1. The summed E-state index contributed by atoms with van der Waals surface area (Å²) < 4.78 is 0. The Morgan fingerprint density at radius 2 is 1.75 bits per heavy atom. The maximum atomic E-state index is 5.72. The van der Waals surface area contributed by atoms with Crippen molar-refractivity contribution in [3.8, 4) is 0 Å². The van der Waals surface area contributed by atoms with Gasteiger partial charge in [0.25, 0.3) is 0 Å². The lowest BCUT2D eigenvalue weighted by molar-refractivity contribution is 0.878. The number of pyridine rings is 1. The van der Waals surface area contributed by atoms with Crippen molar-refractivity contribution in [1.29, 1.82) is 0 Å². The molecule has 3 heteroatoms. The first kappa shape index (κ1) is 12.5. The molecule has 1 unspecified atom stereocenters. The van der Waals surface area contributed by atoms with Crippen molar-refractivity contribution in [2.75, 3.05) is 11.1 Å². The molecule has 0 aliphatic heterocycles. The molecule has 20 heavy (non-hydrogen) atoms. The summed E-state index contributed by atoms with van der Waals surface area (Å²) in [5, 5.41) is 5.79. The highest BCUT2D eigenvalue weighted by Gasteiger charge is 2.08. The average molecular weight is 263 g/mol. The number of nitrogens with two attached hydrogens (primary N) is 1. The van der Waals surface area contributed by atoms with Crippen molar-refractivity contribution in [3.05, 3.63) is 66.4 Å². The SMILES string of the molecule is CC(Nc1nccc2ccccc12)c1ccc(N)cc1. The minimum atomic E-state index is 0.175. The summed E-state index contributed by atoms with van der Waals surface area (Å²) in [4.78, 5) is 4.45. The number of hydrogen-bond donors (Lipinski definition) is 2. The molecule has 0 bridgehead atoms. The van der Waals surface area contributed by atoms with Crippen molar-refractivity contribution in [2.24, 2.45) is 0 Å². The Balaban J connectivity index is 1.91. The van der Waals surface area contributed by atoms with Crippen molar-refractivity contribution < 1.29 is 0 Å². The molecule has 3 nitrogen and oxygen atoms in total. The normalized spacial score (nSPS) is 12.2. The van der Waals surface area contributed by atoms with Gasteiger partial charge >= 0.3 is 0 Å². The summed E-state index contributed by atoms with van der Waals surface area (Å²) in [6, 6.07) is 18.4. The molecule has 0 saturated heterocycles. The lowest BCUT2D eigenvalue weighted by atomic mass is 10.1. The molecule has 0 fully saturated rings. The first-order valence-electron chi connectivity index (χ1n) is 6.70. The Morgan fingerprint density at radius 1 is 1.00 bits per heavy atom. The molecule has 0 saturated carbocycles. The summed E-state index contributed by atoms with van der Waals surface area (Å²) in [5.41, 5.74) is 7.69. The van der Waals surface area contributed by atoms with E-state index in [9.17, 15) is 0 Å². The van der Waals surface area contributed by atoms with Gasteiger partial charge < -0.3 is 11.1 Å². The lowest BCUT2D eigenvalue weighted by Crippen LogP contribution is -2.08. The standard InChI is InChI=1S/C17H17N3/c1-12(13-6-8-15(18)9-7-13)20-17-16-5-3-2-4-14(16)10-11-19-17/h2-12H,18H2,1H3,(H,19,20). The number of hydrogen-bond acceptors (Lipinski definition) is 3. The highest BCUT2D eigenvalue weighted by molar-refractivity contribution is 5.91. The number of nitrogens with one attached hydrogen (secondary N) is 1. The number of nitrogen functional groups attached to an aromatic ring is 1. The van der Waals surface area contributed by atoms with E-state index in [0.29, 0.717) is 0 Å². The van der Waals surface area contributed by atoms with Gasteiger partial charge in [-0.05, 0) is 36.1 Å². The van der Waals surface area contributed by atoms with Crippen molar-refractivity contribution in [2.45, 2.75) is 13.0 Å². The van der Waals surface area contributed by atoms with Gasteiger partial charge in [0.1, 0.15) is 5.82 Å². The van der Waals surface area contributed by atoms with E-state index in [-0.39, 0.29) is 6.04 Å². The van der Waals surface area contributed by atoms with Crippen LogP contribution in [-0.4, -0.2) is 4.98 Å². The second-order valence-electron chi connectivity index (χ2n) is 4.91. The summed E-state index contributed by atoms with van der Waals surface area (Å²) in [7, 11) is 0. The van der Waals surface area contributed by atoms with E-state index in [2.05, 4.69) is 29.4 Å². The van der Waals surface area contributed by atoms with E-state index in [1.165, 1.54) is 10.9 Å². The van der Waals surface area contributed by atoms with Gasteiger partial charge in [0.2, 0.25) is 0 Å². The highest BCUT2D eigenvalue weighted by Crippen LogP contribution is 2.25. The molecule has 0 spiro atoms. The van der Waals surface area contributed by atoms with E-state index in [1.54, 1.807) is 0 Å². The van der Waals surface area contributed by atoms with Crippen LogP contribution in [0.1, 0.15) is 18.5 Å². The monoisotopic (exact) mass is 263 g/mol. The minimum absolute atomic E-state index is 0.175. The van der Waals surface area contributed by atoms with Gasteiger partial charge in [0.05, 0.1) is 0 Å². The number of rotatable bonds is 3. The van der Waals surface area contributed by atoms with Crippen LogP contribution in [0, 0.1) is 0 Å². The Bertz CT molecular complexity index is 714. The molecule has 100 valence electrons. The van der Waals surface area contributed by atoms with Crippen molar-refractivity contribution in [1.82, 2.24) is 4.98 Å². The molecule has 0 amide bonds. The molecule has 2 aromatic carbocycles. The zero-order chi connectivity index (χ0) is 13.9. The minimum Gasteiger partial charge on any atom is -0.399 e. The van der Waals surface area contributed by atoms with Crippen LogP contribution < -0.4 is 11.1 Å². The number of benzene rings is 2. The fourth-order valence-electron chi connectivity index (χ4n) is 2.31. The van der Waals surface area contributed by atoms with Gasteiger partial charge in [-0.2, -0.15) is 0 Å². The fraction of sp³-hybridized carbons (Fsp3) is 0.118. The second kappa shape index (κ2) is 5.21. The topological polar surface area (TPSA) is 50.9 Å². The van der Waals surface area contributed by atoms with Crippen LogP contribution in [-0.2, 0) is 0 Å². The van der Waals surface area contributed by atoms with E-state index >= 15 is 0 Å². The van der Waals surface area contributed by atoms with Crippen LogP contribution in [0.25, 0.3) is 10.8 Å². The molecule has 0 aliphatic carbocycles. The Hall–Kier alpha value is -2.55. The third kappa shape index (κ3) is 2.43. The predicted octanol–water partition coefficient (Wildman–Crippen LogP) is 3.99. The van der Waals surface area contributed by atoms with Crippen LogP contribution in [0.3, 0.4) is 0 Å². The Morgan fingerprint density at radius 3 is 2.55 bits per heavy atom. The molecule has 1 heterocycles. The molecule has 3 N–H and O–H groups in total. The molecule has 1 aromatic heterocycles. The number of fused-ring (bicyclic) bond motifs is 1. The molecule has 3 aromatic rings. The van der Waals surface area contributed by atoms with E-state index in [4.69, 9.17) is 5.73 Å². The summed E-state index contributed by atoms with van der Waals surface area (Å²) in [5.74, 6) is 0.910. The third-order valence-electron chi connectivity index (χ3n) is 3.46. The van der Waals surface area contributed by atoms with Crippen LogP contribution in [0.15, 0.2) is 60.8 Å². The zero-order valence-corrected chi connectivity index (χ0v) is 11.4. The summed E-state index contributed by atoms with van der Waals surface area (Å²) >= 11 is 0. The second-order valence-corrected chi connectivity index (χ2v) is 4.91. The van der Waals surface area contributed by atoms with Crippen LogP contribution in [0.5, 0.6) is 0 Å². The Labute approximate surface area is 118 Å². The maximum Gasteiger partial charge on any atom is 0.134 e. The molecule has 3 rings (SSSR count). The summed E-state index contributed by atoms with van der Waals surface area (Å²) in [6.45, 7) is 2.12. The molecular weight excluding hydrogens is 246 g/mol. The van der Waals surface area contributed by atoms with Gasteiger partial charge in [-0.1, -0.05) is 36.4 Å². The van der Waals surface area contributed by atoms with Crippen LogP contribution in [0.4, 0.5) is 11.5 Å². The molecular formula is C17H17N3. The lowest BCUT2D eigenvalue weighted by Gasteiger charge is -2.16. The largest absolute Gasteiger partial charge is 0.399 e. The molecule has 1 atom stereocenters. The first-order valence-corrected chi connectivity index (χ1v) is 6.70.